The zero-order chi connectivity index (χ0) is 26.7. The minimum Gasteiger partial charge on any atom is -0.355 e. The number of H-pyrrole nitrogens is 1. The highest BCUT2D eigenvalue weighted by Crippen LogP contribution is 2.32. The summed E-state index contributed by atoms with van der Waals surface area (Å²) in [6.07, 6.45) is 0.712. The molecule has 0 saturated heterocycles. The van der Waals surface area contributed by atoms with Crippen LogP contribution in [0.4, 0.5) is 0 Å². The van der Waals surface area contributed by atoms with Gasteiger partial charge in [-0.1, -0.05) is 67.4 Å². The van der Waals surface area contributed by atoms with Gasteiger partial charge in [-0.25, -0.2) is 9.67 Å². The Morgan fingerprint density at radius 3 is 2.35 bits per heavy atom. The van der Waals surface area contributed by atoms with Gasteiger partial charge in [-0.3, -0.25) is 9.59 Å². The Bertz CT molecular complexity index is 1450. The molecule has 0 bridgehead atoms. The molecule has 0 fully saturated rings. The van der Waals surface area contributed by atoms with E-state index in [-0.39, 0.29) is 17.4 Å². The number of likely N-dealkylation sites (N-methyl/N-ethyl adjacent to an activating group) is 1. The molecule has 0 aliphatic rings. The number of carbonyl (C=O) groups excluding carboxylic acids is 1. The Morgan fingerprint density at radius 2 is 1.73 bits per heavy atom. The monoisotopic (exact) mass is 540 g/mol. The number of hydrogen-bond donors (Lipinski definition) is 2. The first-order valence-electron chi connectivity index (χ1n) is 12.1. The first-order chi connectivity index (χ1) is 17.6. The van der Waals surface area contributed by atoms with Crippen molar-refractivity contribution in [1.82, 2.24) is 30.0 Å². The van der Waals surface area contributed by atoms with Gasteiger partial charge >= 0.3 is 0 Å². The molecule has 0 aliphatic carbocycles. The summed E-state index contributed by atoms with van der Waals surface area (Å²) in [4.78, 5) is 35.0. The zero-order valence-electron chi connectivity index (χ0n) is 21.3. The summed E-state index contributed by atoms with van der Waals surface area (Å²) in [5.41, 5.74) is 3.12. The number of aromatic amines is 1. The maximum Gasteiger partial charge on any atom is 0.262 e. The van der Waals surface area contributed by atoms with Crippen LogP contribution in [0.1, 0.15) is 42.4 Å². The van der Waals surface area contributed by atoms with Crippen molar-refractivity contribution in [2.45, 2.75) is 32.6 Å². The Hall–Kier alpha value is -3.20. The highest BCUT2D eigenvalue weighted by molar-refractivity contribution is 6.37. The predicted molar refractivity (Wildman–Crippen MR) is 148 cm³/mol. The van der Waals surface area contributed by atoms with Crippen molar-refractivity contribution in [3.8, 4) is 5.69 Å². The number of rotatable bonds is 9. The van der Waals surface area contributed by atoms with Crippen molar-refractivity contribution in [3.05, 3.63) is 85.5 Å². The van der Waals surface area contributed by atoms with Crippen LogP contribution in [-0.4, -0.2) is 57.7 Å². The molecule has 2 aromatic carbocycles. The van der Waals surface area contributed by atoms with E-state index in [2.05, 4.69) is 15.4 Å². The largest absolute Gasteiger partial charge is 0.355 e. The first-order valence-corrected chi connectivity index (χ1v) is 12.8. The van der Waals surface area contributed by atoms with Gasteiger partial charge in [-0.2, -0.15) is 5.10 Å². The third kappa shape index (κ3) is 6.21. The van der Waals surface area contributed by atoms with Gasteiger partial charge < -0.3 is 15.2 Å². The van der Waals surface area contributed by atoms with Crippen molar-refractivity contribution in [2.75, 3.05) is 27.2 Å². The lowest BCUT2D eigenvalue weighted by Crippen LogP contribution is -2.32. The van der Waals surface area contributed by atoms with Crippen molar-refractivity contribution in [1.29, 1.82) is 0 Å². The van der Waals surface area contributed by atoms with Crippen LogP contribution >= 0.6 is 23.2 Å². The molecular weight excluding hydrogens is 511 g/mol. The summed E-state index contributed by atoms with van der Waals surface area (Å²) in [6.45, 7) is 5.34. The van der Waals surface area contributed by atoms with E-state index >= 15 is 0 Å². The van der Waals surface area contributed by atoms with Crippen LogP contribution in [0.15, 0.2) is 47.3 Å². The number of carbonyl (C=O) groups is 1. The van der Waals surface area contributed by atoms with Crippen molar-refractivity contribution < 1.29 is 4.79 Å². The number of nitrogens with zero attached hydrogens (tertiary/aromatic N) is 4. The van der Waals surface area contributed by atoms with Gasteiger partial charge in [0.05, 0.1) is 22.2 Å². The smallest absolute Gasteiger partial charge is 0.262 e. The molecule has 0 saturated carbocycles. The summed E-state index contributed by atoms with van der Waals surface area (Å²) in [5.74, 6) is 0.469. The first kappa shape index (κ1) is 26.9. The number of halogens is 2. The molecular formula is C27H30Cl2N6O2. The summed E-state index contributed by atoms with van der Waals surface area (Å²) in [6, 6.07) is 12.9. The van der Waals surface area contributed by atoms with E-state index in [4.69, 9.17) is 28.2 Å². The second-order valence-corrected chi connectivity index (χ2v) is 10.4. The molecule has 2 N–H and O–H groups in total. The van der Waals surface area contributed by atoms with E-state index in [0.29, 0.717) is 57.7 Å². The second kappa shape index (κ2) is 11.5. The number of hydrogen-bond acceptors (Lipinski definition) is 5. The van der Waals surface area contributed by atoms with Gasteiger partial charge in [-0.05, 0) is 43.3 Å². The van der Waals surface area contributed by atoms with Gasteiger partial charge in [0, 0.05) is 19.5 Å². The molecule has 0 atom stereocenters. The summed E-state index contributed by atoms with van der Waals surface area (Å²) >= 11 is 12.9. The average Bonchev–Trinajstić information content (AvgIpc) is 3.20. The minimum absolute atomic E-state index is 0.00797. The van der Waals surface area contributed by atoms with Crippen LogP contribution in [0, 0.1) is 0 Å². The van der Waals surface area contributed by atoms with Gasteiger partial charge in [0.2, 0.25) is 5.91 Å². The quantitative estimate of drug-likeness (QED) is 0.329. The molecule has 8 nitrogen and oxygen atoms in total. The van der Waals surface area contributed by atoms with E-state index in [1.54, 1.807) is 22.9 Å². The SMILES string of the molecule is CC(C)c1nn(-c2c(Cl)cccc2Cl)c2nc(Cc3ccc(CC(=O)NCCN(C)C)cc3)[nH]c(=O)c12. The van der Waals surface area contributed by atoms with Crippen molar-refractivity contribution in [3.63, 3.8) is 0 Å². The summed E-state index contributed by atoms with van der Waals surface area (Å²) in [7, 11) is 3.93. The molecule has 0 aliphatic heterocycles. The lowest BCUT2D eigenvalue weighted by molar-refractivity contribution is -0.120. The third-order valence-corrected chi connectivity index (χ3v) is 6.56. The topological polar surface area (TPSA) is 95.9 Å². The maximum absolute atomic E-state index is 13.2. The lowest BCUT2D eigenvalue weighted by Gasteiger charge is -2.10. The molecule has 1 amide bonds. The fourth-order valence-corrected chi connectivity index (χ4v) is 4.62. The number of nitrogens with one attached hydrogen (secondary N) is 2. The number of aromatic nitrogens is 4. The minimum atomic E-state index is -0.260. The highest BCUT2D eigenvalue weighted by Gasteiger charge is 2.22. The van der Waals surface area contributed by atoms with Crippen LogP contribution in [0.2, 0.25) is 10.0 Å². The molecule has 0 unspecified atom stereocenters. The molecule has 2 heterocycles. The molecule has 2 aromatic heterocycles. The standard InChI is InChI=1S/C27H30Cl2N6O2/c1-16(2)24-23-26(35(33-24)25-19(28)6-5-7-20(25)29)31-21(32-27(23)37)14-17-8-10-18(11-9-17)15-22(36)30-12-13-34(3)4/h5-11,16H,12-15H2,1-4H3,(H,30,36)(H,31,32,37). The fourth-order valence-electron chi connectivity index (χ4n) is 4.07. The van der Waals surface area contributed by atoms with Crippen LogP contribution in [0.25, 0.3) is 16.7 Å². The Morgan fingerprint density at radius 1 is 1.08 bits per heavy atom. The lowest BCUT2D eigenvalue weighted by atomic mass is 10.1. The maximum atomic E-state index is 13.2. The number of benzene rings is 2. The van der Waals surface area contributed by atoms with Crippen LogP contribution in [0.3, 0.4) is 0 Å². The third-order valence-electron chi connectivity index (χ3n) is 5.95. The van der Waals surface area contributed by atoms with Crippen LogP contribution in [0.5, 0.6) is 0 Å². The van der Waals surface area contributed by atoms with Crippen LogP contribution < -0.4 is 10.9 Å². The fraction of sp³-hybridized carbons (Fsp3) is 0.333. The average molecular weight is 541 g/mol. The summed E-state index contributed by atoms with van der Waals surface area (Å²) < 4.78 is 1.56. The summed E-state index contributed by atoms with van der Waals surface area (Å²) in [5, 5.41) is 8.85. The van der Waals surface area contributed by atoms with E-state index in [9.17, 15) is 9.59 Å². The Labute approximate surface area is 225 Å². The van der Waals surface area contributed by atoms with E-state index < -0.39 is 0 Å². The Kier molecular flexibility index (Phi) is 8.32. The molecule has 4 rings (SSSR count). The second-order valence-electron chi connectivity index (χ2n) is 9.56. The number of para-hydroxylation sites is 1. The van der Waals surface area contributed by atoms with Gasteiger partial charge in [0.15, 0.2) is 5.65 Å². The zero-order valence-corrected chi connectivity index (χ0v) is 22.8. The highest BCUT2D eigenvalue weighted by atomic mass is 35.5. The van der Waals surface area contributed by atoms with Crippen LogP contribution in [-0.2, 0) is 17.6 Å². The van der Waals surface area contributed by atoms with Gasteiger partial charge in [0.25, 0.3) is 5.56 Å². The van der Waals surface area contributed by atoms with Crippen molar-refractivity contribution in [2.24, 2.45) is 0 Å². The predicted octanol–water partition coefficient (Wildman–Crippen LogP) is 4.35. The molecule has 37 heavy (non-hydrogen) atoms. The molecule has 0 radical (unpaired) electrons. The molecule has 10 heteroatoms. The van der Waals surface area contributed by atoms with E-state index in [1.807, 2.05) is 57.1 Å². The molecule has 0 spiro atoms. The Balaban J connectivity index is 1.62. The molecule has 194 valence electrons. The van der Waals surface area contributed by atoms with Gasteiger partial charge in [0.1, 0.15) is 16.9 Å². The van der Waals surface area contributed by atoms with Gasteiger partial charge in [-0.15, -0.1) is 0 Å². The number of amides is 1. The van der Waals surface area contributed by atoms with E-state index in [0.717, 1.165) is 17.7 Å². The normalized spacial score (nSPS) is 11.6. The van der Waals surface area contributed by atoms with E-state index in [1.165, 1.54) is 0 Å². The number of fused-ring (bicyclic) bond motifs is 1. The van der Waals surface area contributed by atoms with Crippen molar-refractivity contribution >= 4 is 40.1 Å². The molecule has 4 aromatic rings.